The van der Waals surface area contributed by atoms with Crippen molar-refractivity contribution in [1.82, 2.24) is 4.31 Å². The van der Waals surface area contributed by atoms with Crippen LogP contribution in [0, 0.1) is 19.3 Å². The third kappa shape index (κ3) is 4.80. The van der Waals surface area contributed by atoms with E-state index in [1.807, 2.05) is 13.8 Å². The summed E-state index contributed by atoms with van der Waals surface area (Å²) in [6.07, 6.45) is 0.202. The molecule has 7 heteroatoms. The van der Waals surface area contributed by atoms with Gasteiger partial charge in [0.2, 0.25) is 10.0 Å². The van der Waals surface area contributed by atoms with Gasteiger partial charge in [-0.05, 0) is 37.1 Å². The second-order valence-electron chi connectivity index (χ2n) is 4.92. The topological polar surface area (TPSA) is 96.5 Å². The predicted molar refractivity (Wildman–Crippen MR) is 83.1 cm³/mol. The molecule has 3 N–H and O–H groups in total. The maximum Gasteiger partial charge on any atom is 0.243 e. The molecule has 21 heavy (non-hydrogen) atoms. The molecule has 0 aromatic heterocycles. The number of methoxy groups -OCH3 is 1. The van der Waals surface area contributed by atoms with Crippen molar-refractivity contribution in [2.24, 2.45) is 5.73 Å². The molecule has 0 saturated heterocycles. The highest BCUT2D eigenvalue weighted by Gasteiger charge is 2.24. The summed E-state index contributed by atoms with van der Waals surface area (Å²) < 4.78 is 31.6. The van der Waals surface area contributed by atoms with E-state index in [0.717, 1.165) is 11.1 Å². The Morgan fingerprint density at radius 3 is 2.48 bits per heavy atom. The van der Waals surface area contributed by atoms with Gasteiger partial charge in [0.05, 0.1) is 17.3 Å². The Morgan fingerprint density at radius 2 is 1.95 bits per heavy atom. The molecule has 0 heterocycles. The summed E-state index contributed by atoms with van der Waals surface area (Å²) >= 11 is 0. The number of nitrogens with two attached hydrogens (primary N) is 1. The van der Waals surface area contributed by atoms with Gasteiger partial charge in [-0.25, -0.2) is 8.42 Å². The third-order valence-corrected chi connectivity index (χ3v) is 5.19. The highest BCUT2D eigenvalue weighted by atomic mass is 32.2. The normalized spacial score (nSPS) is 11.8. The minimum absolute atomic E-state index is 0.0345. The van der Waals surface area contributed by atoms with Crippen LogP contribution in [0.5, 0.6) is 0 Å². The molecule has 0 aliphatic rings. The number of benzene rings is 1. The average molecular weight is 313 g/mol. The molecule has 118 valence electrons. The molecule has 0 atom stereocenters. The van der Waals surface area contributed by atoms with Crippen LogP contribution in [-0.4, -0.2) is 45.4 Å². The second-order valence-corrected chi connectivity index (χ2v) is 6.86. The summed E-state index contributed by atoms with van der Waals surface area (Å²) in [5.74, 6) is -0.0345. The van der Waals surface area contributed by atoms with Crippen LogP contribution in [0.1, 0.15) is 17.5 Å². The summed E-state index contributed by atoms with van der Waals surface area (Å²) in [7, 11) is -2.09. The van der Waals surface area contributed by atoms with E-state index in [1.165, 1.54) is 11.4 Å². The molecule has 0 saturated carbocycles. The van der Waals surface area contributed by atoms with Crippen LogP contribution in [0.2, 0.25) is 0 Å². The van der Waals surface area contributed by atoms with E-state index in [-0.39, 0.29) is 30.2 Å². The van der Waals surface area contributed by atoms with Crippen molar-refractivity contribution in [3.05, 3.63) is 29.3 Å². The Hall–Kier alpha value is -1.44. The quantitative estimate of drug-likeness (QED) is 0.558. The van der Waals surface area contributed by atoms with Crippen LogP contribution in [0.15, 0.2) is 23.1 Å². The van der Waals surface area contributed by atoms with Crippen molar-refractivity contribution in [2.45, 2.75) is 25.2 Å². The van der Waals surface area contributed by atoms with Gasteiger partial charge in [-0.3, -0.25) is 5.41 Å². The van der Waals surface area contributed by atoms with E-state index in [2.05, 4.69) is 0 Å². The van der Waals surface area contributed by atoms with Crippen molar-refractivity contribution >= 4 is 15.9 Å². The first-order chi connectivity index (χ1) is 9.78. The van der Waals surface area contributed by atoms with Gasteiger partial charge in [0.25, 0.3) is 0 Å². The Balaban J connectivity index is 3.06. The maximum atomic E-state index is 12.7. The molecule has 6 nitrogen and oxygen atoms in total. The molecule has 0 bridgehead atoms. The molecule has 0 unspecified atom stereocenters. The summed E-state index contributed by atoms with van der Waals surface area (Å²) in [6, 6.07) is 5.06. The Morgan fingerprint density at radius 1 is 1.29 bits per heavy atom. The molecule has 0 aliphatic carbocycles. The lowest BCUT2D eigenvalue weighted by molar-refractivity contribution is 0.179. The molecule has 0 fully saturated rings. The predicted octanol–water partition coefficient (Wildman–Crippen LogP) is 1.27. The van der Waals surface area contributed by atoms with Crippen molar-refractivity contribution < 1.29 is 13.2 Å². The molecule has 0 radical (unpaired) electrons. The van der Waals surface area contributed by atoms with Crippen molar-refractivity contribution in [3.63, 3.8) is 0 Å². The first kappa shape index (κ1) is 17.6. The Bertz CT molecular complexity index is 599. The lowest BCUT2D eigenvalue weighted by atomic mass is 10.1. The molecule has 1 rings (SSSR count). The smallest absolute Gasteiger partial charge is 0.243 e. The lowest BCUT2D eigenvalue weighted by Crippen LogP contribution is -2.36. The van der Waals surface area contributed by atoms with Gasteiger partial charge in [-0.1, -0.05) is 6.07 Å². The first-order valence-electron chi connectivity index (χ1n) is 6.68. The molecule has 1 aromatic carbocycles. The zero-order chi connectivity index (χ0) is 16.0. The van der Waals surface area contributed by atoms with Crippen LogP contribution in [0.25, 0.3) is 0 Å². The fourth-order valence-electron chi connectivity index (χ4n) is 1.81. The van der Waals surface area contributed by atoms with E-state index in [1.54, 1.807) is 18.2 Å². The van der Waals surface area contributed by atoms with E-state index in [0.29, 0.717) is 6.61 Å². The standard InChI is InChI=1S/C14H23N3O3S/c1-11-4-5-13(10-12(11)2)21(18,19)17(8-9-20-3)7-6-14(15)16/h4-5,10H,6-9H2,1-3H3,(H3,15,16). The van der Waals surface area contributed by atoms with Crippen molar-refractivity contribution in [3.8, 4) is 0 Å². The van der Waals surface area contributed by atoms with Gasteiger partial charge in [0, 0.05) is 26.6 Å². The third-order valence-electron chi connectivity index (χ3n) is 3.29. The fourth-order valence-corrected chi connectivity index (χ4v) is 3.32. The number of aryl methyl sites for hydroxylation is 2. The Kier molecular flexibility index (Phi) is 6.32. The summed E-state index contributed by atoms with van der Waals surface area (Å²) in [4.78, 5) is 0.255. The fraction of sp³-hybridized carbons (Fsp3) is 0.500. The molecule has 0 amide bonds. The molecule has 0 spiro atoms. The van der Waals surface area contributed by atoms with E-state index >= 15 is 0 Å². The average Bonchev–Trinajstić information content (AvgIpc) is 2.41. The van der Waals surface area contributed by atoms with Crippen LogP contribution in [0.4, 0.5) is 0 Å². The minimum Gasteiger partial charge on any atom is -0.388 e. The van der Waals surface area contributed by atoms with Crippen molar-refractivity contribution in [1.29, 1.82) is 5.41 Å². The number of amidine groups is 1. The number of rotatable bonds is 8. The van der Waals surface area contributed by atoms with Crippen LogP contribution in [0.3, 0.4) is 0 Å². The molecule has 0 aliphatic heterocycles. The lowest BCUT2D eigenvalue weighted by Gasteiger charge is -2.22. The molecule has 1 aromatic rings. The number of hydrogen-bond donors (Lipinski definition) is 2. The second kappa shape index (κ2) is 7.53. The van der Waals surface area contributed by atoms with Gasteiger partial charge in [-0.15, -0.1) is 0 Å². The zero-order valence-electron chi connectivity index (χ0n) is 12.7. The first-order valence-corrected chi connectivity index (χ1v) is 8.12. The van der Waals surface area contributed by atoms with E-state index in [4.69, 9.17) is 15.9 Å². The van der Waals surface area contributed by atoms with E-state index < -0.39 is 10.0 Å². The monoisotopic (exact) mass is 313 g/mol. The van der Waals surface area contributed by atoms with Gasteiger partial charge in [-0.2, -0.15) is 4.31 Å². The maximum absolute atomic E-state index is 12.7. The van der Waals surface area contributed by atoms with Crippen LogP contribution in [-0.2, 0) is 14.8 Å². The minimum atomic E-state index is -3.61. The van der Waals surface area contributed by atoms with Crippen LogP contribution < -0.4 is 5.73 Å². The highest BCUT2D eigenvalue weighted by Crippen LogP contribution is 2.19. The Labute approximate surface area is 126 Å². The van der Waals surface area contributed by atoms with Crippen molar-refractivity contribution in [2.75, 3.05) is 26.8 Å². The summed E-state index contributed by atoms with van der Waals surface area (Å²) in [6.45, 7) is 4.52. The molecular formula is C14H23N3O3S. The van der Waals surface area contributed by atoms with Gasteiger partial charge in [0.15, 0.2) is 0 Å². The summed E-state index contributed by atoms with van der Waals surface area (Å²) in [5.41, 5.74) is 7.29. The zero-order valence-corrected chi connectivity index (χ0v) is 13.5. The number of nitrogens with zero attached hydrogens (tertiary/aromatic N) is 1. The number of nitrogens with one attached hydrogen (secondary N) is 1. The van der Waals surface area contributed by atoms with Crippen LogP contribution >= 0.6 is 0 Å². The summed E-state index contributed by atoms with van der Waals surface area (Å²) in [5, 5.41) is 7.26. The highest BCUT2D eigenvalue weighted by molar-refractivity contribution is 7.89. The molecular weight excluding hydrogens is 290 g/mol. The largest absolute Gasteiger partial charge is 0.388 e. The number of ether oxygens (including phenoxy) is 1. The van der Waals surface area contributed by atoms with E-state index in [9.17, 15) is 8.42 Å². The number of hydrogen-bond acceptors (Lipinski definition) is 4. The van der Waals surface area contributed by atoms with Gasteiger partial charge < -0.3 is 10.5 Å². The van der Waals surface area contributed by atoms with Gasteiger partial charge in [0.1, 0.15) is 0 Å². The number of sulfonamides is 1. The SMILES string of the molecule is COCCN(CCC(=N)N)S(=O)(=O)c1ccc(C)c(C)c1. The van der Waals surface area contributed by atoms with Gasteiger partial charge >= 0.3 is 0 Å².